The van der Waals surface area contributed by atoms with Gasteiger partial charge in [0.2, 0.25) is 0 Å². The monoisotopic (exact) mass is 321 g/mol. The lowest BCUT2D eigenvalue weighted by atomic mass is 10.1. The third kappa shape index (κ3) is 3.50. The number of aromatic nitrogens is 1. The van der Waals surface area contributed by atoms with E-state index >= 15 is 0 Å². The van der Waals surface area contributed by atoms with E-state index in [9.17, 15) is 14.9 Å². The molecule has 1 N–H and O–H groups in total. The van der Waals surface area contributed by atoms with Crippen LogP contribution in [0.5, 0.6) is 5.75 Å². The van der Waals surface area contributed by atoms with Crippen molar-refractivity contribution in [3.63, 3.8) is 0 Å². The molecule has 1 heterocycles. The first-order chi connectivity index (χ1) is 10.5. The van der Waals surface area contributed by atoms with E-state index in [4.69, 9.17) is 16.3 Å². The zero-order chi connectivity index (χ0) is 16.1. The molecule has 8 heteroatoms. The van der Waals surface area contributed by atoms with Crippen molar-refractivity contribution in [2.75, 3.05) is 7.11 Å². The van der Waals surface area contributed by atoms with Crippen LogP contribution in [0, 0.1) is 10.1 Å². The molecule has 0 saturated heterocycles. The zero-order valence-corrected chi connectivity index (χ0v) is 12.3. The largest absolute Gasteiger partial charge is 0.496 e. The molecule has 2 rings (SSSR count). The summed E-state index contributed by atoms with van der Waals surface area (Å²) in [6.45, 7) is 0.0718. The summed E-state index contributed by atoms with van der Waals surface area (Å²) in [4.78, 5) is 26.2. The Morgan fingerprint density at radius 1 is 1.45 bits per heavy atom. The first kappa shape index (κ1) is 15.7. The average Bonchev–Trinajstić information content (AvgIpc) is 2.52. The number of ether oxygens (including phenoxy) is 1. The third-order valence-electron chi connectivity index (χ3n) is 2.93. The molecule has 0 spiro atoms. The van der Waals surface area contributed by atoms with Crippen molar-refractivity contribution < 1.29 is 14.5 Å². The number of non-ortho nitro benzene ring substituents is 1. The summed E-state index contributed by atoms with van der Waals surface area (Å²) in [6, 6.07) is 5.67. The number of benzene rings is 1. The Labute approximate surface area is 131 Å². The minimum Gasteiger partial charge on any atom is -0.496 e. The molecule has 0 aliphatic heterocycles. The van der Waals surface area contributed by atoms with Gasteiger partial charge < -0.3 is 10.1 Å². The Hall–Kier alpha value is -2.67. The van der Waals surface area contributed by atoms with Gasteiger partial charge in [-0.05, 0) is 12.1 Å². The van der Waals surface area contributed by atoms with Crippen LogP contribution in [0.4, 0.5) is 5.69 Å². The summed E-state index contributed by atoms with van der Waals surface area (Å²) in [6.07, 6.45) is 2.82. The van der Waals surface area contributed by atoms with Crippen LogP contribution in [0.2, 0.25) is 5.02 Å². The van der Waals surface area contributed by atoms with Gasteiger partial charge in [0.25, 0.3) is 11.6 Å². The maximum Gasteiger partial charge on any atom is 0.270 e. The molecule has 114 valence electrons. The number of amides is 1. The van der Waals surface area contributed by atoms with Crippen molar-refractivity contribution >= 4 is 23.2 Å². The Morgan fingerprint density at radius 3 is 2.86 bits per heavy atom. The first-order valence-corrected chi connectivity index (χ1v) is 6.59. The van der Waals surface area contributed by atoms with Crippen LogP contribution in [0.1, 0.15) is 15.9 Å². The van der Waals surface area contributed by atoms with Gasteiger partial charge in [-0.3, -0.25) is 19.9 Å². The zero-order valence-electron chi connectivity index (χ0n) is 11.6. The van der Waals surface area contributed by atoms with E-state index < -0.39 is 10.8 Å². The summed E-state index contributed by atoms with van der Waals surface area (Å²) >= 11 is 5.89. The van der Waals surface area contributed by atoms with Gasteiger partial charge in [-0.15, -0.1) is 0 Å². The highest BCUT2D eigenvalue weighted by atomic mass is 35.5. The maximum absolute atomic E-state index is 12.1. The number of halogens is 1. The van der Waals surface area contributed by atoms with Crippen LogP contribution in [0.15, 0.2) is 36.7 Å². The number of carbonyl (C=O) groups is 1. The number of carbonyl (C=O) groups excluding carboxylic acids is 1. The lowest BCUT2D eigenvalue weighted by Crippen LogP contribution is -2.23. The predicted molar refractivity (Wildman–Crippen MR) is 80.1 cm³/mol. The van der Waals surface area contributed by atoms with Crippen molar-refractivity contribution in [2.24, 2.45) is 0 Å². The molecular weight excluding hydrogens is 310 g/mol. The van der Waals surface area contributed by atoms with E-state index in [0.717, 1.165) is 0 Å². The van der Waals surface area contributed by atoms with Crippen LogP contribution in [-0.2, 0) is 6.54 Å². The molecular formula is C14H12ClN3O4. The number of nitro benzene ring substituents is 1. The van der Waals surface area contributed by atoms with Crippen LogP contribution in [0.25, 0.3) is 0 Å². The van der Waals surface area contributed by atoms with E-state index in [0.29, 0.717) is 11.3 Å². The molecule has 0 aliphatic rings. The number of rotatable bonds is 5. The fourth-order valence-corrected chi connectivity index (χ4v) is 2.05. The van der Waals surface area contributed by atoms with Gasteiger partial charge in [-0.25, -0.2) is 0 Å². The number of nitrogens with one attached hydrogen (secondary N) is 1. The minimum absolute atomic E-state index is 0.0718. The molecule has 0 atom stereocenters. The highest BCUT2D eigenvalue weighted by molar-refractivity contribution is 6.33. The molecule has 0 fully saturated rings. The second-order valence-corrected chi connectivity index (χ2v) is 4.70. The molecule has 0 unspecified atom stereocenters. The van der Waals surface area contributed by atoms with Gasteiger partial charge in [-0.2, -0.15) is 0 Å². The Balaban J connectivity index is 2.17. The number of nitro groups is 1. The van der Waals surface area contributed by atoms with Crippen LogP contribution >= 0.6 is 11.6 Å². The topological polar surface area (TPSA) is 94.4 Å². The highest BCUT2D eigenvalue weighted by Gasteiger charge is 2.14. The van der Waals surface area contributed by atoms with Gasteiger partial charge in [0.1, 0.15) is 5.75 Å². The number of nitrogens with zero attached hydrogens (tertiary/aromatic N) is 2. The average molecular weight is 322 g/mol. The van der Waals surface area contributed by atoms with Gasteiger partial charge >= 0.3 is 0 Å². The van der Waals surface area contributed by atoms with E-state index in [2.05, 4.69) is 10.3 Å². The van der Waals surface area contributed by atoms with E-state index in [1.54, 1.807) is 0 Å². The van der Waals surface area contributed by atoms with Crippen molar-refractivity contribution in [3.05, 3.63) is 62.9 Å². The summed E-state index contributed by atoms with van der Waals surface area (Å²) in [5.74, 6) is 0.0488. The summed E-state index contributed by atoms with van der Waals surface area (Å²) in [5.41, 5.74) is 0.697. The second kappa shape index (κ2) is 6.86. The molecule has 1 aromatic carbocycles. The van der Waals surface area contributed by atoms with E-state index in [1.807, 2.05) is 0 Å². The highest BCUT2D eigenvalue weighted by Crippen LogP contribution is 2.24. The molecule has 0 saturated carbocycles. The Morgan fingerprint density at radius 2 is 2.23 bits per heavy atom. The SMILES string of the molecule is COc1ccc([N+](=O)[O-])cc1CNC(=O)c1ccncc1Cl. The normalized spacial score (nSPS) is 10.1. The fourth-order valence-electron chi connectivity index (χ4n) is 1.85. The van der Waals surface area contributed by atoms with Crippen LogP contribution < -0.4 is 10.1 Å². The smallest absolute Gasteiger partial charge is 0.270 e. The van der Waals surface area contributed by atoms with Crippen molar-refractivity contribution in [3.8, 4) is 5.75 Å². The van der Waals surface area contributed by atoms with Crippen LogP contribution in [-0.4, -0.2) is 22.9 Å². The lowest BCUT2D eigenvalue weighted by Gasteiger charge is -2.10. The molecule has 22 heavy (non-hydrogen) atoms. The molecule has 2 aromatic rings. The third-order valence-corrected chi connectivity index (χ3v) is 3.23. The van der Waals surface area contributed by atoms with E-state index in [-0.39, 0.29) is 22.8 Å². The van der Waals surface area contributed by atoms with Crippen molar-refractivity contribution in [2.45, 2.75) is 6.54 Å². The molecule has 7 nitrogen and oxygen atoms in total. The number of hydrogen-bond donors (Lipinski definition) is 1. The summed E-state index contributed by atoms with van der Waals surface area (Å²) < 4.78 is 5.13. The maximum atomic E-state index is 12.1. The van der Waals surface area contributed by atoms with Gasteiger partial charge in [0.15, 0.2) is 0 Å². The number of hydrogen-bond acceptors (Lipinski definition) is 5. The summed E-state index contributed by atoms with van der Waals surface area (Å²) in [7, 11) is 1.45. The number of methoxy groups -OCH3 is 1. The molecule has 1 amide bonds. The quantitative estimate of drug-likeness (QED) is 0.674. The van der Waals surface area contributed by atoms with Crippen LogP contribution in [0.3, 0.4) is 0 Å². The summed E-state index contributed by atoms with van der Waals surface area (Å²) in [5, 5.41) is 13.7. The number of pyridine rings is 1. The Bertz CT molecular complexity index is 721. The van der Waals surface area contributed by atoms with Gasteiger partial charge in [0.05, 0.1) is 22.6 Å². The molecule has 1 aromatic heterocycles. The minimum atomic E-state index is -0.509. The predicted octanol–water partition coefficient (Wildman–Crippen LogP) is 2.58. The van der Waals surface area contributed by atoms with Gasteiger partial charge in [0, 0.05) is 36.6 Å². The van der Waals surface area contributed by atoms with Crippen molar-refractivity contribution in [1.82, 2.24) is 10.3 Å². The molecule has 0 aliphatic carbocycles. The fraction of sp³-hybridized carbons (Fsp3) is 0.143. The lowest BCUT2D eigenvalue weighted by molar-refractivity contribution is -0.384. The standard InChI is InChI=1S/C14H12ClN3O4/c1-22-13-3-2-10(18(20)21)6-9(13)7-17-14(19)11-4-5-16-8-12(11)15/h2-6,8H,7H2,1H3,(H,17,19). The first-order valence-electron chi connectivity index (χ1n) is 6.22. The van der Waals surface area contributed by atoms with E-state index in [1.165, 1.54) is 43.8 Å². The van der Waals surface area contributed by atoms with Gasteiger partial charge in [-0.1, -0.05) is 11.6 Å². The van der Waals surface area contributed by atoms with Crippen molar-refractivity contribution in [1.29, 1.82) is 0 Å². The molecule has 0 radical (unpaired) electrons. The Kier molecular flexibility index (Phi) is 4.90. The second-order valence-electron chi connectivity index (χ2n) is 4.29. The molecule has 0 bridgehead atoms.